The quantitative estimate of drug-likeness (QED) is 0.731. The van der Waals surface area contributed by atoms with Crippen molar-refractivity contribution >= 4 is 32.4 Å². The third-order valence-corrected chi connectivity index (χ3v) is 6.50. The summed E-state index contributed by atoms with van der Waals surface area (Å²) in [6.45, 7) is 9.10. The summed E-state index contributed by atoms with van der Waals surface area (Å²) < 4.78 is 27.4. The van der Waals surface area contributed by atoms with E-state index in [1.165, 1.54) is 5.56 Å². The lowest BCUT2D eigenvalue weighted by Crippen LogP contribution is -2.27. The van der Waals surface area contributed by atoms with Crippen LogP contribution in [0.4, 0.5) is 5.13 Å². The van der Waals surface area contributed by atoms with Gasteiger partial charge in [0.2, 0.25) is 15.4 Å². The highest BCUT2D eigenvalue weighted by Gasteiger charge is 2.26. The molecule has 0 saturated carbocycles. The number of hydrogen-bond donors (Lipinski definition) is 2. The molecular weight excluding hydrogens is 372 g/mol. The number of nitrogens with zero attached hydrogens (tertiary/aromatic N) is 2. The Morgan fingerprint density at radius 1 is 1.19 bits per heavy atom. The minimum absolute atomic E-state index is 0.158. The van der Waals surface area contributed by atoms with Gasteiger partial charge in [-0.1, -0.05) is 63.3 Å². The molecule has 9 heteroatoms. The highest BCUT2D eigenvalue weighted by atomic mass is 32.2. The molecule has 2 aromatic rings. The average Bonchev–Trinajstić information content (AvgIpc) is 3.03. The highest BCUT2D eigenvalue weighted by Crippen LogP contribution is 2.24. The lowest BCUT2D eigenvalue weighted by atomic mass is 9.96. The van der Waals surface area contributed by atoms with Crippen LogP contribution in [0, 0.1) is 5.41 Å². The summed E-state index contributed by atoms with van der Waals surface area (Å²) in [7, 11) is -3.83. The number of benzene rings is 1. The summed E-state index contributed by atoms with van der Waals surface area (Å²) in [4.78, 5) is 12.0. The maximum atomic E-state index is 12.5. The molecular formula is C17H24N4O3S2. The minimum atomic E-state index is -3.83. The van der Waals surface area contributed by atoms with E-state index in [-0.39, 0.29) is 15.4 Å². The molecule has 0 aliphatic rings. The first kappa shape index (κ1) is 20.5. The predicted octanol–water partition coefficient (Wildman–Crippen LogP) is 3.12. The van der Waals surface area contributed by atoms with E-state index in [9.17, 15) is 13.2 Å². The van der Waals surface area contributed by atoms with Crippen molar-refractivity contribution in [3.05, 3.63) is 35.4 Å². The van der Waals surface area contributed by atoms with E-state index in [1.807, 2.05) is 24.3 Å². The van der Waals surface area contributed by atoms with Crippen molar-refractivity contribution in [2.45, 2.75) is 51.4 Å². The van der Waals surface area contributed by atoms with Crippen LogP contribution in [0.5, 0.6) is 0 Å². The van der Waals surface area contributed by atoms with Crippen LogP contribution in [0.3, 0.4) is 0 Å². The topological polar surface area (TPSA) is 101 Å². The Labute approximate surface area is 158 Å². The van der Waals surface area contributed by atoms with Crippen LogP contribution in [0.2, 0.25) is 0 Å². The highest BCUT2D eigenvalue weighted by molar-refractivity contribution is 7.91. The van der Waals surface area contributed by atoms with Gasteiger partial charge in [0.1, 0.15) is 0 Å². The lowest BCUT2D eigenvalue weighted by Gasteiger charge is -2.15. The molecule has 0 aliphatic heterocycles. The van der Waals surface area contributed by atoms with Crippen molar-refractivity contribution in [2.75, 3.05) is 5.32 Å². The number of aromatic nitrogens is 2. The molecule has 2 rings (SSSR count). The van der Waals surface area contributed by atoms with E-state index < -0.39 is 21.5 Å². The van der Waals surface area contributed by atoms with Crippen molar-refractivity contribution in [3.8, 4) is 0 Å². The Bertz CT molecular complexity index is 868. The second-order valence-electron chi connectivity index (χ2n) is 7.02. The maximum Gasteiger partial charge on any atom is 0.270 e. The third-order valence-electron chi connectivity index (χ3n) is 3.76. The van der Waals surface area contributed by atoms with Crippen LogP contribution in [-0.2, 0) is 21.2 Å². The summed E-state index contributed by atoms with van der Waals surface area (Å²) in [5.74, 6) is -0.255. The third kappa shape index (κ3) is 5.09. The van der Waals surface area contributed by atoms with E-state index in [4.69, 9.17) is 0 Å². The van der Waals surface area contributed by atoms with Gasteiger partial charge in [-0.25, -0.2) is 13.1 Å². The van der Waals surface area contributed by atoms with Gasteiger partial charge in [-0.3, -0.25) is 4.79 Å². The zero-order chi connectivity index (χ0) is 19.5. The van der Waals surface area contributed by atoms with Gasteiger partial charge >= 0.3 is 0 Å². The monoisotopic (exact) mass is 396 g/mol. The molecule has 0 fully saturated rings. The molecule has 0 saturated heterocycles. The number of amides is 1. The zero-order valence-electron chi connectivity index (χ0n) is 15.5. The van der Waals surface area contributed by atoms with Gasteiger partial charge in [0.15, 0.2) is 0 Å². The van der Waals surface area contributed by atoms with E-state index >= 15 is 0 Å². The van der Waals surface area contributed by atoms with Crippen molar-refractivity contribution < 1.29 is 13.2 Å². The summed E-state index contributed by atoms with van der Waals surface area (Å²) in [5.41, 5.74) is 1.44. The fourth-order valence-electron chi connectivity index (χ4n) is 2.05. The molecule has 1 aromatic carbocycles. The summed E-state index contributed by atoms with van der Waals surface area (Å²) in [6.07, 6.45) is 0.925. The van der Waals surface area contributed by atoms with Gasteiger partial charge in [-0.15, -0.1) is 10.2 Å². The average molecular weight is 397 g/mol. The van der Waals surface area contributed by atoms with Gasteiger partial charge in [0.25, 0.3) is 10.0 Å². The van der Waals surface area contributed by atoms with E-state index in [1.54, 1.807) is 27.7 Å². The second kappa shape index (κ2) is 7.81. The molecule has 0 bridgehead atoms. The molecule has 142 valence electrons. The molecule has 0 aliphatic carbocycles. The normalized spacial score (nSPS) is 13.4. The largest absolute Gasteiger partial charge is 0.300 e. The zero-order valence-corrected chi connectivity index (χ0v) is 17.2. The van der Waals surface area contributed by atoms with E-state index in [0.29, 0.717) is 0 Å². The number of aryl methyl sites for hydroxylation is 1. The number of nitrogens with one attached hydrogen (secondary N) is 2. The molecule has 2 N–H and O–H groups in total. The molecule has 1 aromatic heterocycles. The Kier molecular flexibility index (Phi) is 6.15. The molecule has 0 radical (unpaired) electrons. The molecule has 7 nitrogen and oxygen atoms in total. The van der Waals surface area contributed by atoms with E-state index in [0.717, 1.165) is 23.3 Å². The van der Waals surface area contributed by atoms with Crippen LogP contribution in [0.25, 0.3) is 0 Å². The standard InChI is InChI=1S/C17H24N4O3S2/c1-6-12-7-9-13(10-8-12)11(2)21-26(23,24)16-20-19-15(25-16)18-14(22)17(3,4)5/h7-11,21H,6H2,1-5H3,(H,18,19,22)/t11-/m0/s1. The fraction of sp³-hybridized carbons (Fsp3) is 0.471. The summed E-state index contributed by atoms with van der Waals surface area (Å²) in [6, 6.07) is 7.35. The molecule has 0 spiro atoms. The van der Waals surface area contributed by atoms with Gasteiger partial charge in [-0.2, -0.15) is 0 Å². The fourth-order valence-corrected chi connectivity index (χ4v) is 4.19. The maximum absolute atomic E-state index is 12.5. The minimum Gasteiger partial charge on any atom is -0.300 e. The van der Waals surface area contributed by atoms with Gasteiger partial charge in [-0.05, 0) is 24.5 Å². The van der Waals surface area contributed by atoms with E-state index in [2.05, 4.69) is 27.2 Å². The predicted molar refractivity (Wildman–Crippen MR) is 103 cm³/mol. The molecule has 26 heavy (non-hydrogen) atoms. The van der Waals surface area contributed by atoms with Crippen LogP contribution in [0.15, 0.2) is 28.6 Å². The van der Waals surface area contributed by atoms with Crippen molar-refractivity contribution in [2.24, 2.45) is 5.41 Å². The Morgan fingerprint density at radius 3 is 2.35 bits per heavy atom. The van der Waals surface area contributed by atoms with Crippen LogP contribution < -0.4 is 10.0 Å². The Morgan fingerprint density at radius 2 is 1.81 bits per heavy atom. The SMILES string of the molecule is CCc1ccc([C@H](C)NS(=O)(=O)c2nnc(NC(=O)C(C)(C)C)s2)cc1. The van der Waals surface area contributed by atoms with Gasteiger partial charge in [0.05, 0.1) is 0 Å². The number of hydrogen-bond acceptors (Lipinski definition) is 6. The second-order valence-corrected chi connectivity index (χ2v) is 9.88. The number of carbonyl (C=O) groups excluding carboxylic acids is 1. The first-order valence-electron chi connectivity index (χ1n) is 8.29. The number of anilines is 1. The summed E-state index contributed by atoms with van der Waals surface area (Å²) >= 11 is 0.823. The van der Waals surface area contributed by atoms with Crippen LogP contribution >= 0.6 is 11.3 Å². The van der Waals surface area contributed by atoms with Crippen molar-refractivity contribution in [1.82, 2.24) is 14.9 Å². The first-order valence-corrected chi connectivity index (χ1v) is 10.6. The van der Waals surface area contributed by atoms with Gasteiger partial charge < -0.3 is 5.32 Å². The molecule has 0 unspecified atom stereocenters. The van der Waals surface area contributed by atoms with Crippen molar-refractivity contribution in [3.63, 3.8) is 0 Å². The Balaban J connectivity index is 2.11. The number of sulfonamides is 1. The Hall–Kier alpha value is -1.84. The summed E-state index contributed by atoms with van der Waals surface area (Å²) in [5, 5.41) is 10.2. The molecule has 1 atom stereocenters. The number of rotatable bonds is 6. The smallest absolute Gasteiger partial charge is 0.270 e. The van der Waals surface area contributed by atoms with Crippen molar-refractivity contribution in [1.29, 1.82) is 0 Å². The van der Waals surface area contributed by atoms with Gasteiger partial charge in [0, 0.05) is 11.5 Å². The molecule has 1 heterocycles. The van der Waals surface area contributed by atoms with Crippen LogP contribution in [-0.4, -0.2) is 24.5 Å². The van der Waals surface area contributed by atoms with Crippen LogP contribution in [0.1, 0.15) is 51.8 Å². The molecule has 1 amide bonds. The lowest BCUT2D eigenvalue weighted by molar-refractivity contribution is -0.123. The number of carbonyl (C=O) groups is 1. The first-order chi connectivity index (χ1) is 12.0.